The Labute approximate surface area is 209 Å². The number of H-pyrrole nitrogens is 1. The molecule has 2 heterocycles. The molecule has 0 saturated carbocycles. The zero-order valence-corrected chi connectivity index (χ0v) is 20.8. The van der Waals surface area contributed by atoms with Crippen molar-refractivity contribution in [3.05, 3.63) is 74.7 Å². The first-order chi connectivity index (χ1) is 16.5. The first-order valence-electron chi connectivity index (χ1n) is 11.1. The molecule has 3 N–H and O–H groups in total. The smallest absolute Gasteiger partial charge is 0.380 e. The Kier molecular flexibility index (Phi) is 12.4. The molecular formula is C24H30Cl2N4O4. The predicted molar refractivity (Wildman–Crippen MR) is 134 cm³/mol. The molecule has 10 heteroatoms. The molecule has 2 aromatic carbocycles. The summed E-state index contributed by atoms with van der Waals surface area (Å²) in [5.74, 6) is -0.0238. The third-order valence-electron chi connectivity index (χ3n) is 4.63. The highest BCUT2D eigenvalue weighted by Crippen LogP contribution is 2.19. The SMILES string of the molecule is CC.Clc1ccccc1Cl.O=C(Cc1cccc(-c2noc(=O)[nH]2)c1)NCC1CNCCOC1. The molecule has 1 saturated heterocycles. The summed E-state index contributed by atoms with van der Waals surface area (Å²) < 4.78 is 9.96. The minimum absolute atomic E-state index is 0.0509. The molecule has 1 amide bonds. The van der Waals surface area contributed by atoms with Gasteiger partial charge in [0.25, 0.3) is 0 Å². The second-order valence-electron chi connectivity index (χ2n) is 7.18. The fourth-order valence-corrected chi connectivity index (χ4v) is 3.29. The zero-order chi connectivity index (χ0) is 24.8. The number of rotatable bonds is 5. The van der Waals surface area contributed by atoms with E-state index in [0.717, 1.165) is 18.7 Å². The molecule has 34 heavy (non-hydrogen) atoms. The Hall–Kier alpha value is -2.65. The Morgan fingerprint density at radius 3 is 2.53 bits per heavy atom. The van der Waals surface area contributed by atoms with Crippen LogP contribution >= 0.6 is 23.2 Å². The third-order valence-corrected chi connectivity index (χ3v) is 5.38. The standard InChI is InChI=1S/C16H20N4O4.C6H4Cl2.C2H6/c21-14(18-9-12-8-17-4-5-23-10-12)7-11-2-1-3-13(6-11)15-19-16(22)24-20-15;7-5-3-1-2-4-6(5)8;1-2/h1-3,6,12,17H,4-5,7-10H2,(H,18,21)(H,19,20,22);1-4H;1-2H3. The zero-order valence-electron chi connectivity index (χ0n) is 19.3. The fraction of sp³-hybridized carbons (Fsp3) is 0.375. The number of aromatic amines is 1. The molecule has 4 rings (SSSR count). The van der Waals surface area contributed by atoms with Crippen LogP contribution in [0.15, 0.2) is 57.8 Å². The second kappa shape index (κ2) is 15.3. The van der Waals surface area contributed by atoms with Gasteiger partial charge in [0.2, 0.25) is 5.91 Å². The van der Waals surface area contributed by atoms with Gasteiger partial charge in [0, 0.05) is 31.1 Å². The Morgan fingerprint density at radius 1 is 1.15 bits per heavy atom. The molecular weight excluding hydrogens is 479 g/mol. The van der Waals surface area contributed by atoms with Crippen molar-refractivity contribution in [2.24, 2.45) is 5.92 Å². The molecule has 0 aliphatic carbocycles. The lowest BCUT2D eigenvalue weighted by Gasteiger charge is -2.14. The highest BCUT2D eigenvalue weighted by Gasteiger charge is 2.14. The number of nitrogens with zero attached hydrogens (tertiary/aromatic N) is 1. The normalized spacial score (nSPS) is 15.1. The third kappa shape index (κ3) is 9.69. The van der Waals surface area contributed by atoms with Crippen LogP contribution in [0.5, 0.6) is 0 Å². The minimum Gasteiger partial charge on any atom is -0.380 e. The number of ether oxygens (including phenoxy) is 1. The Balaban J connectivity index is 0.000000343. The average Bonchev–Trinajstić information content (AvgIpc) is 3.12. The van der Waals surface area contributed by atoms with Gasteiger partial charge in [-0.3, -0.25) is 14.3 Å². The summed E-state index contributed by atoms with van der Waals surface area (Å²) in [5, 5.41) is 11.1. The number of hydrogen-bond acceptors (Lipinski definition) is 6. The first kappa shape index (κ1) is 27.6. The minimum atomic E-state index is -0.604. The summed E-state index contributed by atoms with van der Waals surface area (Å²) >= 11 is 11.2. The van der Waals surface area contributed by atoms with E-state index >= 15 is 0 Å². The van der Waals surface area contributed by atoms with Crippen LogP contribution in [-0.2, 0) is 16.0 Å². The van der Waals surface area contributed by atoms with Crippen LogP contribution in [0.25, 0.3) is 11.4 Å². The maximum atomic E-state index is 12.1. The number of carbonyl (C=O) groups excluding carboxylic acids is 1. The quantitative estimate of drug-likeness (QED) is 0.481. The van der Waals surface area contributed by atoms with Crippen molar-refractivity contribution in [1.82, 2.24) is 20.8 Å². The number of carbonyl (C=O) groups is 1. The second-order valence-corrected chi connectivity index (χ2v) is 8.00. The summed E-state index contributed by atoms with van der Waals surface area (Å²) in [6, 6.07) is 14.5. The summed E-state index contributed by atoms with van der Waals surface area (Å²) in [5.41, 5.74) is 1.54. The fourth-order valence-electron chi connectivity index (χ4n) is 3.02. The van der Waals surface area contributed by atoms with Crippen LogP contribution in [0.1, 0.15) is 19.4 Å². The van der Waals surface area contributed by atoms with Gasteiger partial charge in [-0.05, 0) is 23.8 Å². The number of nitrogens with one attached hydrogen (secondary N) is 3. The topological polar surface area (TPSA) is 109 Å². The molecule has 1 atom stereocenters. The van der Waals surface area contributed by atoms with Crippen molar-refractivity contribution in [3.8, 4) is 11.4 Å². The van der Waals surface area contributed by atoms with Gasteiger partial charge in [0.15, 0.2) is 5.82 Å². The van der Waals surface area contributed by atoms with E-state index in [1.165, 1.54) is 0 Å². The highest BCUT2D eigenvalue weighted by molar-refractivity contribution is 6.41. The van der Waals surface area contributed by atoms with Crippen LogP contribution in [0.4, 0.5) is 0 Å². The van der Waals surface area contributed by atoms with Gasteiger partial charge in [0.05, 0.1) is 29.7 Å². The molecule has 1 aromatic heterocycles. The number of amides is 1. The van der Waals surface area contributed by atoms with Crippen LogP contribution in [-0.4, -0.2) is 48.9 Å². The first-order valence-corrected chi connectivity index (χ1v) is 11.9. The van der Waals surface area contributed by atoms with Gasteiger partial charge in [0.1, 0.15) is 0 Å². The van der Waals surface area contributed by atoms with Gasteiger partial charge in [-0.1, -0.05) is 72.5 Å². The molecule has 0 spiro atoms. The molecule has 3 aromatic rings. The van der Waals surface area contributed by atoms with E-state index in [2.05, 4.69) is 25.3 Å². The highest BCUT2D eigenvalue weighted by atomic mass is 35.5. The van der Waals surface area contributed by atoms with Gasteiger partial charge < -0.3 is 15.4 Å². The lowest BCUT2D eigenvalue weighted by molar-refractivity contribution is -0.120. The Bertz CT molecular complexity index is 1040. The summed E-state index contributed by atoms with van der Waals surface area (Å²) in [6.45, 7) is 7.64. The predicted octanol–water partition coefficient (Wildman–Crippen LogP) is 3.94. The molecule has 184 valence electrons. The van der Waals surface area contributed by atoms with E-state index < -0.39 is 5.76 Å². The van der Waals surface area contributed by atoms with Gasteiger partial charge in [-0.25, -0.2) is 4.79 Å². The van der Waals surface area contributed by atoms with Crippen LogP contribution < -0.4 is 16.4 Å². The monoisotopic (exact) mass is 508 g/mol. The van der Waals surface area contributed by atoms with Crippen LogP contribution in [0.2, 0.25) is 10.0 Å². The number of benzene rings is 2. The van der Waals surface area contributed by atoms with E-state index in [1.54, 1.807) is 18.2 Å². The maximum Gasteiger partial charge on any atom is 0.439 e. The van der Waals surface area contributed by atoms with E-state index in [4.69, 9.17) is 27.9 Å². The molecule has 1 unspecified atom stereocenters. The van der Waals surface area contributed by atoms with Crippen molar-refractivity contribution in [2.45, 2.75) is 20.3 Å². The summed E-state index contributed by atoms with van der Waals surface area (Å²) in [6.07, 6.45) is 0.261. The van der Waals surface area contributed by atoms with Crippen LogP contribution in [0.3, 0.4) is 0 Å². The van der Waals surface area contributed by atoms with E-state index in [9.17, 15) is 9.59 Å². The number of halogens is 2. The van der Waals surface area contributed by atoms with Crippen molar-refractivity contribution in [3.63, 3.8) is 0 Å². The molecule has 1 fully saturated rings. The van der Waals surface area contributed by atoms with E-state index in [-0.39, 0.29) is 18.2 Å². The molecule has 1 aliphatic heterocycles. The summed E-state index contributed by atoms with van der Waals surface area (Å²) in [7, 11) is 0. The van der Waals surface area contributed by atoms with Gasteiger partial charge in [-0.15, -0.1) is 0 Å². The molecule has 8 nitrogen and oxygen atoms in total. The molecule has 1 aliphatic rings. The molecule has 0 bridgehead atoms. The van der Waals surface area contributed by atoms with Crippen molar-refractivity contribution >= 4 is 29.1 Å². The maximum absolute atomic E-state index is 12.1. The van der Waals surface area contributed by atoms with E-state index in [0.29, 0.717) is 41.2 Å². The summed E-state index contributed by atoms with van der Waals surface area (Å²) in [4.78, 5) is 25.6. The largest absolute Gasteiger partial charge is 0.439 e. The molecule has 0 radical (unpaired) electrons. The lowest BCUT2D eigenvalue weighted by atomic mass is 10.1. The van der Waals surface area contributed by atoms with Crippen molar-refractivity contribution in [1.29, 1.82) is 0 Å². The Morgan fingerprint density at radius 2 is 1.88 bits per heavy atom. The number of aromatic nitrogens is 2. The lowest BCUT2D eigenvalue weighted by Crippen LogP contribution is -2.35. The van der Waals surface area contributed by atoms with E-state index in [1.807, 2.05) is 44.2 Å². The van der Waals surface area contributed by atoms with Crippen molar-refractivity contribution < 1.29 is 14.1 Å². The van der Waals surface area contributed by atoms with Crippen LogP contribution in [0, 0.1) is 5.92 Å². The average molecular weight is 509 g/mol. The number of hydrogen-bond donors (Lipinski definition) is 3. The van der Waals surface area contributed by atoms with Gasteiger partial charge >= 0.3 is 5.76 Å². The van der Waals surface area contributed by atoms with Crippen molar-refractivity contribution in [2.75, 3.05) is 32.8 Å². The van der Waals surface area contributed by atoms with Gasteiger partial charge in [-0.2, -0.15) is 0 Å².